The van der Waals surface area contributed by atoms with Crippen LogP contribution in [0.25, 0.3) is 0 Å². The van der Waals surface area contributed by atoms with E-state index >= 15 is 0 Å². The first-order valence-electron chi connectivity index (χ1n) is 9.78. The Morgan fingerprint density at radius 1 is 1.03 bits per heavy atom. The Hall–Kier alpha value is -2.71. The van der Waals surface area contributed by atoms with Gasteiger partial charge in [0.25, 0.3) is 5.91 Å². The molecule has 9 heteroatoms. The lowest BCUT2D eigenvalue weighted by Crippen LogP contribution is -2.23. The number of carbonyl (C=O) groups is 1. The van der Waals surface area contributed by atoms with Crippen LogP contribution in [0.1, 0.15) is 29.9 Å². The van der Waals surface area contributed by atoms with Crippen LogP contribution in [0, 0.1) is 0 Å². The Morgan fingerprint density at radius 2 is 1.77 bits per heavy atom. The van der Waals surface area contributed by atoms with E-state index in [0.717, 1.165) is 10.0 Å². The lowest BCUT2D eigenvalue weighted by Gasteiger charge is -2.12. The molecule has 164 valence electrons. The topological polar surface area (TPSA) is 74.6 Å². The molecule has 0 fully saturated rings. The number of rotatable bonds is 10. The summed E-state index contributed by atoms with van der Waals surface area (Å²) in [6.07, 6.45) is 1.67. The number of benzene rings is 2. The van der Waals surface area contributed by atoms with E-state index in [1.165, 1.54) is 4.68 Å². The van der Waals surface area contributed by atoms with Crippen molar-refractivity contribution in [2.45, 2.75) is 27.1 Å². The van der Waals surface area contributed by atoms with Crippen LogP contribution >= 0.6 is 27.5 Å². The van der Waals surface area contributed by atoms with E-state index in [9.17, 15) is 4.79 Å². The molecular formula is C22H23BrClN3O4. The first kappa shape index (κ1) is 23.0. The van der Waals surface area contributed by atoms with E-state index in [0.29, 0.717) is 47.7 Å². The third-order valence-corrected chi connectivity index (χ3v) is 4.97. The first-order valence-corrected chi connectivity index (χ1v) is 10.9. The molecule has 0 aliphatic heterocycles. The molecule has 7 nitrogen and oxygen atoms in total. The van der Waals surface area contributed by atoms with Gasteiger partial charge in [0.15, 0.2) is 18.2 Å². The van der Waals surface area contributed by atoms with Crippen LogP contribution in [0.3, 0.4) is 0 Å². The lowest BCUT2D eigenvalue weighted by atomic mass is 10.2. The third kappa shape index (κ3) is 6.38. The van der Waals surface area contributed by atoms with Crippen molar-refractivity contribution in [1.82, 2.24) is 15.1 Å². The number of nitrogens with zero attached hydrogens (tertiary/aromatic N) is 2. The fourth-order valence-electron chi connectivity index (χ4n) is 2.76. The van der Waals surface area contributed by atoms with E-state index in [2.05, 4.69) is 26.3 Å². The van der Waals surface area contributed by atoms with E-state index in [4.69, 9.17) is 25.8 Å². The van der Waals surface area contributed by atoms with Crippen LogP contribution < -0.4 is 19.5 Å². The zero-order valence-corrected chi connectivity index (χ0v) is 19.6. The van der Waals surface area contributed by atoms with Crippen molar-refractivity contribution in [3.63, 3.8) is 0 Å². The molecule has 0 bridgehead atoms. The summed E-state index contributed by atoms with van der Waals surface area (Å²) in [5.41, 5.74) is 1.19. The molecule has 1 amide bonds. The summed E-state index contributed by atoms with van der Waals surface area (Å²) < 4.78 is 19.2. The number of halogens is 2. The summed E-state index contributed by atoms with van der Waals surface area (Å²) in [5, 5.41) is 7.60. The molecule has 0 atom stereocenters. The Kier molecular flexibility index (Phi) is 8.20. The van der Waals surface area contributed by atoms with Gasteiger partial charge in [0.05, 0.1) is 18.2 Å². The molecule has 0 unspecified atom stereocenters. The molecule has 0 radical (unpaired) electrons. The number of amides is 1. The summed E-state index contributed by atoms with van der Waals surface area (Å²) in [5.74, 6) is 1.59. The highest BCUT2D eigenvalue weighted by Crippen LogP contribution is 2.29. The van der Waals surface area contributed by atoms with Crippen LogP contribution in [-0.2, 0) is 13.3 Å². The average Bonchev–Trinajstić information content (AvgIpc) is 3.22. The second-order valence-corrected chi connectivity index (χ2v) is 7.74. The summed E-state index contributed by atoms with van der Waals surface area (Å²) in [6, 6.07) is 12.6. The second-order valence-electron chi connectivity index (χ2n) is 6.42. The molecular weight excluding hydrogens is 486 g/mol. The number of hydrogen-bond donors (Lipinski definition) is 1. The first-order chi connectivity index (χ1) is 15.0. The van der Waals surface area contributed by atoms with Crippen molar-refractivity contribution in [2.24, 2.45) is 0 Å². The highest BCUT2D eigenvalue weighted by Gasteiger charge is 2.12. The third-order valence-electron chi connectivity index (χ3n) is 4.18. The zero-order valence-electron chi connectivity index (χ0n) is 17.2. The molecule has 1 aromatic heterocycles. The fourth-order valence-corrected chi connectivity index (χ4v) is 3.49. The molecule has 3 rings (SSSR count). The molecule has 0 spiro atoms. The van der Waals surface area contributed by atoms with Gasteiger partial charge in [-0.2, -0.15) is 5.10 Å². The van der Waals surface area contributed by atoms with Crippen molar-refractivity contribution in [3.8, 4) is 17.2 Å². The number of aromatic nitrogens is 2. The quantitative estimate of drug-likeness (QED) is 0.414. The number of carbonyl (C=O) groups excluding carboxylic acids is 1. The Labute approximate surface area is 194 Å². The number of hydrogen-bond acceptors (Lipinski definition) is 5. The highest BCUT2D eigenvalue weighted by molar-refractivity contribution is 9.10. The summed E-state index contributed by atoms with van der Waals surface area (Å²) in [7, 11) is 0. The van der Waals surface area contributed by atoms with Gasteiger partial charge in [0, 0.05) is 17.2 Å². The number of ether oxygens (including phenoxy) is 3. The van der Waals surface area contributed by atoms with Gasteiger partial charge in [-0.25, -0.2) is 4.68 Å². The zero-order chi connectivity index (χ0) is 22.2. The molecule has 2 aromatic carbocycles. The van der Waals surface area contributed by atoms with Crippen molar-refractivity contribution in [3.05, 3.63) is 69.4 Å². The van der Waals surface area contributed by atoms with Gasteiger partial charge >= 0.3 is 0 Å². The van der Waals surface area contributed by atoms with Crippen LogP contribution in [0.15, 0.2) is 53.1 Å². The minimum atomic E-state index is -0.285. The smallest absolute Gasteiger partial charge is 0.272 e. The van der Waals surface area contributed by atoms with Gasteiger partial charge in [0.1, 0.15) is 11.4 Å². The monoisotopic (exact) mass is 507 g/mol. The molecule has 1 heterocycles. The molecule has 0 saturated heterocycles. The van der Waals surface area contributed by atoms with Crippen LogP contribution in [0.4, 0.5) is 0 Å². The van der Waals surface area contributed by atoms with Gasteiger partial charge < -0.3 is 19.5 Å². The minimum absolute atomic E-state index is 0.130. The fraction of sp³-hybridized carbons (Fsp3) is 0.273. The summed E-state index contributed by atoms with van der Waals surface area (Å²) in [6.45, 7) is 5.38. The van der Waals surface area contributed by atoms with Gasteiger partial charge in [-0.15, -0.1) is 0 Å². The van der Waals surface area contributed by atoms with E-state index in [1.54, 1.807) is 24.4 Å². The van der Waals surface area contributed by atoms with Crippen molar-refractivity contribution in [2.75, 3.05) is 13.2 Å². The number of nitrogens with one attached hydrogen (secondary N) is 1. The van der Waals surface area contributed by atoms with Crippen LogP contribution in [0.5, 0.6) is 17.2 Å². The second kappa shape index (κ2) is 11.1. The maximum absolute atomic E-state index is 12.5. The summed E-state index contributed by atoms with van der Waals surface area (Å²) >= 11 is 9.49. The largest absolute Gasteiger partial charge is 0.490 e. The minimum Gasteiger partial charge on any atom is -0.490 e. The molecule has 1 N–H and O–H groups in total. The maximum Gasteiger partial charge on any atom is 0.272 e. The standard InChI is InChI=1S/C22H23BrClN3O4/c1-3-29-20-7-5-15(11-21(20)30-4-2)13-25-22(28)18-9-10-27(26-18)14-31-19-8-6-16(23)12-17(19)24/h5-12H,3-4,13-14H2,1-2H3,(H,25,28). The Balaban J connectivity index is 1.56. The lowest BCUT2D eigenvalue weighted by molar-refractivity contribution is 0.0943. The molecule has 3 aromatic rings. The van der Waals surface area contributed by atoms with Gasteiger partial charge in [0.2, 0.25) is 0 Å². The van der Waals surface area contributed by atoms with E-state index < -0.39 is 0 Å². The molecule has 31 heavy (non-hydrogen) atoms. The average molecular weight is 509 g/mol. The van der Waals surface area contributed by atoms with Crippen LogP contribution in [-0.4, -0.2) is 28.9 Å². The molecule has 0 aliphatic carbocycles. The van der Waals surface area contributed by atoms with Crippen molar-refractivity contribution in [1.29, 1.82) is 0 Å². The van der Waals surface area contributed by atoms with Gasteiger partial charge in [-0.3, -0.25) is 4.79 Å². The highest BCUT2D eigenvalue weighted by atomic mass is 79.9. The Morgan fingerprint density at radius 3 is 2.52 bits per heavy atom. The SMILES string of the molecule is CCOc1ccc(CNC(=O)c2ccn(COc3ccc(Br)cc3Cl)n2)cc1OCC. The Bertz CT molecular complexity index is 1040. The van der Waals surface area contributed by atoms with Crippen molar-refractivity contribution < 1.29 is 19.0 Å². The molecule has 0 aliphatic rings. The van der Waals surface area contributed by atoms with E-state index in [-0.39, 0.29) is 12.6 Å². The predicted octanol–water partition coefficient (Wildman–Crippen LogP) is 5.06. The van der Waals surface area contributed by atoms with Gasteiger partial charge in [-0.05, 0) is 55.8 Å². The summed E-state index contributed by atoms with van der Waals surface area (Å²) in [4.78, 5) is 12.5. The normalized spacial score (nSPS) is 10.6. The van der Waals surface area contributed by atoms with Gasteiger partial charge in [-0.1, -0.05) is 33.6 Å². The van der Waals surface area contributed by atoms with Crippen LogP contribution in [0.2, 0.25) is 5.02 Å². The predicted molar refractivity (Wildman–Crippen MR) is 122 cm³/mol. The maximum atomic E-state index is 12.5. The van der Waals surface area contributed by atoms with E-state index in [1.807, 2.05) is 38.1 Å². The molecule has 0 saturated carbocycles. The van der Waals surface area contributed by atoms with Crippen molar-refractivity contribution >= 4 is 33.4 Å².